The average molecular weight is 537 g/mol. The summed E-state index contributed by atoms with van der Waals surface area (Å²) in [5.74, 6) is 0. The summed E-state index contributed by atoms with van der Waals surface area (Å²) in [6, 6.07) is 17.2. The van der Waals surface area contributed by atoms with Crippen molar-refractivity contribution in [3.63, 3.8) is 0 Å². The second-order valence-corrected chi connectivity index (χ2v) is 6.32. The molecule has 2 aromatic rings. The zero-order chi connectivity index (χ0) is 20.2. The summed E-state index contributed by atoms with van der Waals surface area (Å²) in [5, 5.41) is 0. The largest absolute Gasteiger partial charge is 4.00 e. The second kappa shape index (κ2) is 23.5. The minimum absolute atomic E-state index is 0. The average Bonchev–Trinajstić information content (AvgIpc) is 3.41. The van der Waals surface area contributed by atoms with E-state index in [-0.39, 0.29) is 37.9 Å². The van der Waals surface area contributed by atoms with E-state index < -0.39 is 0 Å². The fourth-order valence-electron chi connectivity index (χ4n) is 1.88. The van der Waals surface area contributed by atoms with Crippen molar-refractivity contribution in [2.45, 2.75) is 92.2 Å². The summed E-state index contributed by atoms with van der Waals surface area (Å²) in [4.78, 5) is 0. The van der Waals surface area contributed by atoms with Crippen LogP contribution in [0.2, 0.25) is 0 Å². The molecule has 0 saturated heterocycles. The topological polar surface area (TPSA) is 47.6 Å². The zero-order valence-electron chi connectivity index (χ0n) is 18.5. The minimum atomic E-state index is 0. The van der Waals surface area contributed by atoms with Crippen molar-refractivity contribution in [2.24, 2.45) is 0 Å². The van der Waals surface area contributed by atoms with Crippen LogP contribution in [0, 0.1) is 0 Å². The smallest absolute Gasteiger partial charge is 0.675 e. The molecule has 0 spiro atoms. The van der Waals surface area contributed by atoms with Crippen LogP contribution in [0.3, 0.4) is 0 Å². The molecule has 152 valence electrons. The van der Waals surface area contributed by atoms with E-state index >= 15 is 0 Å². The summed E-state index contributed by atoms with van der Waals surface area (Å²) < 4.78 is 0. The SMILES string of the molecule is CCC([NH-])CC.CCC([NH-])CC.CC[c-]1cccc1.CC[c-]1cccc1.[Hf+4]. The summed E-state index contributed by atoms with van der Waals surface area (Å²) in [6.07, 6.45) is 6.31. The number of hydrogen-bond acceptors (Lipinski definition) is 0. The van der Waals surface area contributed by atoms with Crippen LogP contribution in [0.5, 0.6) is 0 Å². The van der Waals surface area contributed by atoms with E-state index in [1.54, 1.807) is 0 Å². The van der Waals surface area contributed by atoms with Crippen LogP contribution in [-0.2, 0) is 38.7 Å². The van der Waals surface area contributed by atoms with E-state index in [0.717, 1.165) is 38.5 Å². The Hall–Kier alpha value is -0.510. The first-order valence-corrected chi connectivity index (χ1v) is 10.3. The molecule has 0 bridgehead atoms. The molecular weight excluding hydrogens is 495 g/mol. The second-order valence-electron chi connectivity index (χ2n) is 6.32. The van der Waals surface area contributed by atoms with Gasteiger partial charge in [-0.2, -0.15) is 35.4 Å². The van der Waals surface area contributed by atoms with E-state index in [1.165, 1.54) is 11.1 Å². The van der Waals surface area contributed by atoms with Crippen LogP contribution in [0.4, 0.5) is 0 Å². The summed E-state index contributed by atoms with van der Waals surface area (Å²) in [6.45, 7) is 12.5. The summed E-state index contributed by atoms with van der Waals surface area (Å²) in [5.41, 5.74) is 17.0. The molecule has 0 aliphatic heterocycles. The predicted molar refractivity (Wildman–Crippen MR) is 120 cm³/mol. The molecule has 0 unspecified atom stereocenters. The molecule has 2 nitrogen and oxygen atoms in total. The Morgan fingerprint density at radius 2 is 0.778 bits per heavy atom. The predicted octanol–water partition coefficient (Wildman–Crippen LogP) is 8.39. The van der Waals surface area contributed by atoms with Gasteiger partial charge in [0.25, 0.3) is 0 Å². The first kappa shape index (κ1) is 31.2. The summed E-state index contributed by atoms with van der Waals surface area (Å²) in [7, 11) is 0. The molecule has 0 fully saturated rings. The molecule has 0 amide bonds. The van der Waals surface area contributed by atoms with Crippen molar-refractivity contribution in [3.8, 4) is 0 Å². The third-order valence-corrected chi connectivity index (χ3v) is 4.25. The number of nitrogens with one attached hydrogen (secondary N) is 2. The Labute approximate surface area is 188 Å². The molecule has 0 radical (unpaired) electrons. The van der Waals surface area contributed by atoms with Gasteiger partial charge >= 0.3 is 25.8 Å². The monoisotopic (exact) mass is 538 g/mol. The molecule has 0 aliphatic rings. The first-order chi connectivity index (χ1) is 12.5. The van der Waals surface area contributed by atoms with Gasteiger partial charge in [-0.3, -0.25) is 0 Å². The van der Waals surface area contributed by atoms with Gasteiger partial charge in [-0.05, 0) is 0 Å². The maximum atomic E-state index is 7.07. The van der Waals surface area contributed by atoms with E-state index in [2.05, 4.69) is 62.4 Å². The number of hydrogen-bond donors (Lipinski definition) is 0. The van der Waals surface area contributed by atoms with Crippen molar-refractivity contribution < 1.29 is 25.8 Å². The Kier molecular flexibility index (Phi) is 27.2. The molecular formula is C24H42HfN2. The summed E-state index contributed by atoms with van der Waals surface area (Å²) >= 11 is 0. The van der Waals surface area contributed by atoms with Crippen molar-refractivity contribution >= 4 is 0 Å². The molecule has 2 aromatic carbocycles. The molecule has 0 heterocycles. The van der Waals surface area contributed by atoms with Crippen molar-refractivity contribution in [1.82, 2.24) is 0 Å². The van der Waals surface area contributed by atoms with E-state index in [9.17, 15) is 0 Å². The molecule has 0 aromatic heterocycles. The Morgan fingerprint density at radius 3 is 0.852 bits per heavy atom. The fourth-order valence-corrected chi connectivity index (χ4v) is 1.88. The van der Waals surface area contributed by atoms with Crippen molar-refractivity contribution in [1.29, 1.82) is 0 Å². The molecule has 0 saturated carbocycles. The van der Waals surface area contributed by atoms with Crippen LogP contribution in [0.1, 0.15) is 78.4 Å². The number of rotatable bonds is 6. The van der Waals surface area contributed by atoms with Crippen molar-refractivity contribution in [2.75, 3.05) is 0 Å². The van der Waals surface area contributed by atoms with Gasteiger partial charge in [0.05, 0.1) is 0 Å². The standard InChI is InChI=1S/2C7H9.2C5H12N.Hf/c2*1-2-7-5-3-4-6-7;2*1-3-5(6)4-2;/h2*3-6H,2H2,1H3;2*5-6H,3-4H2,1-2H3;/q4*-1;+4. The minimum Gasteiger partial charge on any atom is -0.675 e. The van der Waals surface area contributed by atoms with Crippen LogP contribution in [0.15, 0.2) is 48.5 Å². The van der Waals surface area contributed by atoms with E-state index in [1.807, 2.05) is 27.7 Å². The van der Waals surface area contributed by atoms with Gasteiger partial charge in [-0.15, -0.1) is 12.1 Å². The van der Waals surface area contributed by atoms with E-state index in [0.29, 0.717) is 0 Å². The fraction of sp³-hybridized carbons (Fsp3) is 0.583. The Bertz CT molecular complexity index is 396. The molecule has 3 heteroatoms. The van der Waals surface area contributed by atoms with Crippen molar-refractivity contribution in [3.05, 3.63) is 71.1 Å². The third kappa shape index (κ3) is 21.6. The quantitative estimate of drug-likeness (QED) is 0.263. The van der Waals surface area contributed by atoms with Crippen LogP contribution in [0.25, 0.3) is 11.5 Å². The molecule has 2 N–H and O–H groups in total. The molecule has 0 atom stereocenters. The third-order valence-electron chi connectivity index (χ3n) is 4.25. The van der Waals surface area contributed by atoms with Gasteiger partial charge in [0.1, 0.15) is 0 Å². The maximum absolute atomic E-state index is 7.07. The van der Waals surface area contributed by atoms with Gasteiger partial charge < -0.3 is 11.5 Å². The Morgan fingerprint density at radius 1 is 0.556 bits per heavy atom. The zero-order valence-corrected chi connectivity index (χ0v) is 22.1. The van der Waals surface area contributed by atoms with Crippen LogP contribution >= 0.6 is 0 Å². The molecule has 0 aliphatic carbocycles. The Balaban J connectivity index is -0.000000282. The van der Waals surface area contributed by atoms with Gasteiger partial charge in [-0.25, -0.2) is 24.3 Å². The van der Waals surface area contributed by atoms with Crippen LogP contribution < -0.4 is 0 Å². The molecule has 2 rings (SSSR count). The molecule has 27 heavy (non-hydrogen) atoms. The van der Waals surface area contributed by atoms with E-state index in [4.69, 9.17) is 11.5 Å². The number of aryl methyl sites for hydroxylation is 2. The normalized spacial score (nSPS) is 9.26. The van der Waals surface area contributed by atoms with Gasteiger partial charge in [0.2, 0.25) is 0 Å². The maximum Gasteiger partial charge on any atom is 4.00 e. The first-order valence-electron chi connectivity index (χ1n) is 10.3. The van der Waals surface area contributed by atoms with Gasteiger partial charge in [0, 0.05) is 0 Å². The van der Waals surface area contributed by atoms with Gasteiger partial charge in [-0.1, -0.05) is 80.1 Å². The van der Waals surface area contributed by atoms with Gasteiger partial charge in [0.15, 0.2) is 0 Å². The van der Waals surface area contributed by atoms with Crippen LogP contribution in [-0.4, -0.2) is 12.1 Å².